The van der Waals surface area contributed by atoms with Crippen molar-refractivity contribution in [2.45, 2.75) is 13.3 Å². The molecule has 1 aromatic heterocycles. The van der Waals surface area contributed by atoms with Gasteiger partial charge in [-0.2, -0.15) is 9.78 Å². The summed E-state index contributed by atoms with van der Waals surface area (Å²) in [5.41, 5.74) is 1.45. The van der Waals surface area contributed by atoms with E-state index in [4.69, 9.17) is 23.2 Å². The van der Waals surface area contributed by atoms with Crippen molar-refractivity contribution in [1.29, 1.82) is 0 Å². The van der Waals surface area contributed by atoms with Crippen molar-refractivity contribution in [2.75, 3.05) is 0 Å². The molecule has 0 aliphatic rings. The summed E-state index contributed by atoms with van der Waals surface area (Å²) in [6.07, 6.45) is 2.31. The molecule has 0 spiro atoms. The standard InChI is InChI=1S/C12H10Cl2N2O/c1-2-8-3-5-9(6-4-8)16-12(17)11(14)10(13)7-15-16/h3-7H,2H2,1H3. The number of halogens is 2. The summed E-state index contributed by atoms with van der Waals surface area (Å²) >= 11 is 11.5. The van der Waals surface area contributed by atoms with Crippen LogP contribution in [0.1, 0.15) is 12.5 Å². The van der Waals surface area contributed by atoms with E-state index in [-0.39, 0.29) is 10.0 Å². The van der Waals surface area contributed by atoms with Crippen LogP contribution in [0.5, 0.6) is 0 Å². The first-order valence-electron chi connectivity index (χ1n) is 5.16. The van der Waals surface area contributed by atoms with Crippen LogP contribution in [0.25, 0.3) is 5.69 Å². The second kappa shape index (κ2) is 4.90. The van der Waals surface area contributed by atoms with Gasteiger partial charge in [-0.15, -0.1) is 0 Å². The molecule has 2 rings (SSSR count). The fraction of sp³-hybridized carbons (Fsp3) is 0.167. The molecule has 17 heavy (non-hydrogen) atoms. The Morgan fingerprint density at radius 3 is 2.47 bits per heavy atom. The highest BCUT2D eigenvalue weighted by atomic mass is 35.5. The lowest BCUT2D eigenvalue weighted by atomic mass is 10.1. The number of aromatic nitrogens is 2. The molecule has 0 aliphatic heterocycles. The first-order chi connectivity index (χ1) is 8.13. The van der Waals surface area contributed by atoms with Crippen LogP contribution in [0.3, 0.4) is 0 Å². The van der Waals surface area contributed by atoms with E-state index < -0.39 is 5.56 Å². The fourth-order valence-corrected chi connectivity index (χ4v) is 1.72. The van der Waals surface area contributed by atoms with Gasteiger partial charge in [-0.25, -0.2) is 0 Å². The van der Waals surface area contributed by atoms with Crippen molar-refractivity contribution in [3.8, 4) is 5.69 Å². The van der Waals surface area contributed by atoms with Crippen LogP contribution in [0, 0.1) is 0 Å². The van der Waals surface area contributed by atoms with E-state index >= 15 is 0 Å². The quantitative estimate of drug-likeness (QED) is 0.839. The number of aryl methyl sites for hydroxylation is 1. The molecule has 0 fully saturated rings. The molecule has 0 bridgehead atoms. The minimum Gasteiger partial charge on any atom is -0.266 e. The van der Waals surface area contributed by atoms with Crippen LogP contribution >= 0.6 is 23.2 Å². The van der Waals surface area contributed by atoms with Gasteiger partial charge in [0.05, 0.1) is 16.9 Å². The highest BCUT2D eigenvalue weighted by molar-refractivity contribution is 6.41. The van der Waals surface area contributed by atoms with Crippen molar-refractivity contribution in [3.05, 3.63) is 56.4 Å². The molecule has 1 aromatic carbocycles. The smallest absolute Gasteiger partial charge is 0.266 e. The van der Waals surface area contributed by atoms with E-state index in [0.29, 0.717) is 5.69 Å². The van der Waals surface area contributed by atoms with Gasteiger partial charge in [-0.1, -0.05) is 42.3 Å². The fourth-order valence-electron chi connectivity index (χ4n) is 1.47. The van der Waals surface area contributed by atoms with Crippen molar-refractivity contribution >= 4 is 23.2 Å². The van der Waals surface area contributed by atoms with E-state index in [1.54, 1.807) is 0 Å². The van der Waals surface area contributed by atoms with Gasteiger partial charge in [0.15, 0.2) is 0 Å². The summed E-state index contributed by atoms with van der Waals surface area (Å²) < 4.78 is 1.23. The van der Waals surface area contributed by atoms with Gasteiger partial charge in [0.2, 0.25) is 0 Å². The van der Waals surface area contributed by atoms with E-state index in [1.807, 2.05) is 24.3 Å². The molecule has 2 aromatic rings. The highest BCUT2D eigenvalue weighted by Crippen LogP contribution is 2.16. The lowest BCUT2D eigenvalue weighted by Gasteiger charge is -2.06. The Morgan fingerprint density at radius 2 is 1.88 bits per heavy atom. The van der Waals surface area contributed by atoms with E-state index in [9.17, 15) is 4.79 Å². The molecule has 88 valence electrons. The second-order valence-electron chi connectivity index (χ2n) is 3.54. The van der Waals surface area contributed by atoms with Gasteiger partial charge in [0, 0.05) is 0 Å². The summed E-state index contributed by atoms with van der Waals surface area (Å²) in [5, 5.41) is 4.10. The van der Waals surface area contributed by atoms with Crippen LogP contribution < -0.4 is 5.56 Å². The predicted molar refractivity (Wildman–Crippen MR) is 69.2 cm³/mol. The molecule has 0 amide bonds. The van der Waals surface area contributed by atoms with Crippen LogP contribution in [-0.2, 0) is 6.42 Å². The Labute approximate surface area is 109 Å². The zero-order chi connectivity index (χ0) is 12.4. The Morgan fingerprint density at radius 1 is 1.24 bits per heavy atom. The molecule has 0 radical (unpaired) electrons. The molecule has 0 atom stereocenters. The molecule has 5 heteroatoms. The zero-order valence-electron chi connectivity index (χ0n) is 9.15. The lowest BCUT2D eigenvalue weighted by molar-refractivity contribution is 0.806. The first kappa shape index (κ1) is 12.1. The summed E-state index contributed by atoms with van der Waals surface area (Å²) in [6.45, 7) is 2.07. The van der Waals surface area contributed by atoms with E-state index in [0.717, 1.165) is 6.42 Å². The largest absolute Gasteiger partial charge is 0.291 e. The minimum absolute atomic E-state index is 0.0127. The number of benzene rings is 1. The van der Waals surface area contributed by atoms with Gasteiger partial charge in [-0.05, 0) is 24.1 Å². The van der Waals surface area contributed by atoms with Gasteiger partial charge in [0.25, 0.3) is 5.56 Å². The van der Waals surface area contributed by atoms with Gasteiger partial charge < -0.3 is 0 Å². The Bertz CT molecular complexity index is 590. The average Bonchev–Trinajstić information content (AvgIpc) is 2.36. The average molecular weight is 269 g/mol. The maximum Gasteiger partial charge on any atom is 0.291 e. The van der Waals surface area contributed by atoms with Crippen LogP contribution in [-0.4, -0.2) is 9.78 Å². The number of hydrogen-bond donors (Lipinski definition) is 0. The lowest BCUT2D eigenvalue weighted by Crippen LogP contribution is -2.21. The molecule has 0 aliphatic carbocycles. The molecular weight excluding hydrogens is 259 g/mol. The third-order valence-electron chi connectivity index (χ3n) is 2.47. The summed E-state index contributed by atoms with van der Waals surface area (Å²) in [5.74, 6) is 0. The van der Waals surface area contributed by atoms with Crippen molar-refractivity contribution < 1.29 is 0 Å². The first-order valence-corrected chi connectivity index (χ1v) is 5.91. The maximum atomic E-state index is 11.8. The molecule has 3 nitrogen and oxygen atoms in total. The molecule has 0 N–H and O–H groups in total. The Hall–Kier alpha value is -1.32. The van der Waals surface area contributed by atoms with Crippen molar-refractivity contribution in [1.82, 2.24) is 9.78 Å². The molecule has 0 saturated carbocycles. The normalized spacial score (nSPS) is 10.5. The third kappa shape index (κ3) is 2.35. The van der Waals surface area contributed by atoms with Gasteiger partial charge in [-0.3, -0.25) is 4.79 Å². The monoisotopic (exact) mass is 268 g/mol. The molecule has 1 heterocycles. The Kier molecular flexibility index (Phi) is 3.50. The molecular formula is C12H10Cl2N2O. The summed E-state index contributed by atoms with van der Waals surface area (Å²) in [6, 6.07) is 7.56. The van der Waals surface area contributed by atoms with Crippen LogP contribution in [0.15, 0.2) is 35.3 Å². The Balaban J connectivity index is 2.53. The maximum absolute atomic E-state index is 11.8. The number of hydrogen-bond acceptors (Lipinski definition) is 2. The van der Waals surface area contributed by atoms with Gasteiger partial charge >= 0.3 is 0 Å². The highest BCUT2D eigenvalue weighted by Gasteiger charge is 2.08. The molecule has 0 saturated heterocycles. The summed E-state index contributed by atoms with van der Waals surface area (Å²) in [7, 11) is 0. The SMILES string of the molecule is CCc1ccc(-n2ncc(Cl)c(Cl)c2=O)cc1. The minimum atomic E-state index is -0.414. The number of nitrogens with zero attached hydrogens (tertiary/aromatic N) is 2. The molecule has 0 unspecified atom stereocenters. The third-order valence-corrected chi connectivity index (χ3v) is 3.21. The van der Waals surface area contributed by atoms with E-state index in [1.165, 1.54) is 16.4 Å². The van der Waals surface area contributed by atoms with Crippen LogP contribution in [0.2, 0.25) is 10.0 Å². The van der Waals surface area contributed by atoms with Crippen LogP contribution in [0.4, 0.5) is 0 Å². The zero-order valence-corrected chi connectivity index (χ0v) is 10.7. The van der Waals surface area contributed by atoms with Gasteiger partial charge in [0.1, 0.15) is 5.02 Å². The second-order valence-corrected chi connectivity index (χ2v) is 4.33. The van der Waals surface area contributed by atoms with Crippen molar-refractivity contribution in [2.24, 2.45) is 0 Å². The number of rotatable bonds is 2. The topological polar surface area (TPSA) is 34.9 Å². The summed E-state index contributed by atoms with van der Waals surface area (Å²) in [4.78, 5) is 11.8. The predicted octanol–water partition coefficient (Wildman–Crippen LogP) is 3.10. The van der Waals surface area contributed by atoms with Crippen molar-refractivity contribution in [3.63, 3.8) is 0 Å². The van der Waals surface area contributed by atoms with E-state index in [2.05, 4.69) is 12.0 Å².